The Bertz CT molecular complexity index is 1130. The van der Waals surface area contributed by atoms with Gasteiger partial charge in [0.15, 0.2) is 11.5 Å². The molecule has 3 rings (SSSR count). The largest absolute Gasteiger partial charge is 0.493 e. The number of rotatable bonds is 7. The molecular weight excluding hydrogens is 430 g/mol. The van der Waals surface area contributed by atoms with Gasteiger partial charge in [-0.2, -0.15) is 5.10 Å². The van der Waals surface area contributed by atoms with E-state index in [-0.39, 0.29) is 0 Å². The second-order valence-corrected chi connectivity index (χ2v) is 7.28. The van der Waals surface area contributed by atoms with Gasteiger partial charge in [-0.05, 0) is 66.1 Å². The van der Waals surface area contributed by atoms with Crippen LogP contribution in [-0.4, -0.2) is 25.1 Å². The minimum Gasteiger partial charge on any atom is -0.493 e. The summed E-state index contributed by atoms with van der Waals surface area (Å²) >= 11 is 5.89. The molecule has 8 heteroatoms. The zero-order chi connectivity index (χ0) is 22.9. The summed E-state index contributed by atoms with van der Waals surface area (Å²) in [7, 11) is 1.53. The Hall–Kier alpha value is -3.84. The number of aryl methyl sites for hydroxylation is 1. The van der Waals surface area contributed by atoms with Crippen LogP contribution in [0, 0.1) is 6.92 Å². The van der Waals surface area contributed by atoms with Crippen molar-refractivity contribution in [3.05, 3.63) is 88.4 Å². The summed E-state index contributed by atoms with van der Waals surface area (Å²) in [6.07, 6.45) is 1.41. The highest BCUT2D eigenvalue weighted by Gasteiger charge is 2.13. The number of ether oxygens (including phenoxy) is 2. The number of hydrazone groups is 1. The van der Waals surface area contributed by atoms with Crippen LogP contribution in [0.5, 0.6) is 11.5 Å². The average Bonchev–Trinajstić information content (AvgIpc) is 2.79. The summed E-state index contributed by atoms with van der Waals surface area (Å²) in [4.78, 5) is 23.9. The standard InChI is InChI=1S/C24H22ClN3O4/c1-16-4-3-5-20(12-16)27-23(29)24(30)28-26-14-18-8-11-21(22(13-18)31-2)32-15-17-6-9-19(25)10-7-17/h3-14H,15H2,1-2H3,(H,27,29)(H,28,30)/b26-14+. The summed E-state index contributed by atoms with van der Waals surface area (Å²) in [5.74, 6) is -0.624. The Morgan fingerprint density at radius 3 is 2.50 bits per heavy atom. The van der Waals surface area contributed by atoms with Gasteiger partial charge in [0.25, 0.3) is 0 Å². The molecule has 0 saturated carbocycles. The van der Waals surface area contributed by atoms with Gasteiger partial charge < -0.3 is 14.8 Å². The molecule has 0 bridgehead atoms. The predicted octanol–water partition coefficient (Wildman–Crippen LogP) is 4.32. The highest BCUT2D eigenvalue weighted by molar-refractivity contribution is 6.39. The lowest BCUT2D eigenvalue weighted by Crippen LogP contribution is -2.32. The first kappa shape index (κ1) is 22.8. The fourth-order valence-corrected chi connectivity index (χ4v) is 2.88. The number of hydrogen-bond acceptors (Lipinski definition) is 5. The number of nitrogens with one attached hydrogen (secondary N) is 2. The first-order valence-corrected chi connectivity index (χ1v) is 10.1. The highest BCUT2D eigenvalue weighted by Crippen LogP contribution is 2.28. The summed E-state index contributed by atoms with van der Waals surface area (Å²) in [5.41, 5.74) is 5.33. The Kier molecular flexibility index (Phi) is 7.83. The number of amides is 2. The van der Waals surface area contributed by atoms with Crippen molar-refractivity contribution < 1.29 is 19.1 Å². The number of nitrogens with zero attached hydrogens (tertiary/aromatic N) is 1. The van der Waals surface area contributed by atoms with Gasteiger partial charge in [0.1, 0.15) is 6.61 Å². The van der Waals surface area contributed by atoms with Crippen LogP contribution in [0.1, 0.15) is 16.7 Å². The molecule has 3 aromatic carbocycles. The molecule has 0 spiro atoms. The van der Waals surface area contributed by atoms with E-state index in [1.165, 1.54) is 13.3 Å². The van der Waals surface area contributed by atoms with E-state index in [9.17, 15) is 9.59 Å². The van der Waals surface area contributed by atoms with E-state index < -0.39 is 11.8 Å². The molecule has 2 amide bonds. The fourth-order valence-electron chi connectivity index (χ4n) is 2.75. The van der Waals surface area contributed by atoms with Crippen molar-refractivity contribution in [2.24, 2.45) is 5.10 Å². The van der Waals surface area contributed by atoms with Gasteiger partial charge in [0, 0.05) is 10.7 Å². The van der Waals surface area contributed by atoms with Crippen molar-refractivity contribution in [1.82, 2.24) is 5.43 Å². The number of halogens is 1. The normalized spacial score (nSPS) is 10.6. The number of carbonyl (C=O) groups excluding carboxylic acids is 2. The van der Waals surface area contributed by atoms with E-state index in [0.717, 1.165) is 11.1 Å². The second kappa shape index (κ2) is 11.0. The van der Waals surface area contributed by atoms with Gasteiger partial charge in [-0.25, -0.2) is 5.43 Å². The maximum Gasteiger partial charge on any atom is 0.329 e. The van der Waals surface area contributed by atoms with Crippen molar-refractivity contribution >= 4 is 35.3 Å². The maximum absolute atomic E-state index is 12.0. The van der Waals surface area contributed by atoms with Crippen molar-refractivity contribution in [3.8, 4) is 11.5 Å². The predicted molar refractivity (Wildman–Crippen MR) is 124 cm³/mol. The lowest BCUT2D eigenvalue weighted by molar-refractivity contribution is -0.136. The average molecular weight is 452 g/mol. The van der Waals surface area contributed by atoms with Gasteiger partial charge in [-0.1, -0.05) is 35.9 Å². The number of methoxy groups -OCH3 is 1. The third kappa shape index (κ3) is 6.58. The molecule has 0 unspecified atom stereocenters. The summed E-state index contributed by atoms with van der Waals surface area (Å²) in [5, 5.41) is 7.01. The third-order valence-corrected chi connectivity index (χ3v) is 4.61. The van der Waals surface area contributed by atoms with Crippen molar-refractivity contribution in [2.75, 3.05) is 12.4 Å². The van der Waals surface area contributed by atoms with Gasteiger partial charge in [-0.3, -0.25) is 9.59 Å². The maximum atomic E-state index is 12.0. The first-order chi connectivity index (χ1) is 15.4. The third-order valence-electron chi connectivity index (χ3n) is 4.36. The van der Waals surface area contributed by atoms with Gasteiger partial charge in [0.2, 0.25) is 0 Å². The molecule has 3 aromatic rings. The van der Waals surface area contributed by atoms with Crippen LogP contribution in [0.2, 0.25) is 5.02 Å². The minimum atomic E-state index is -0.877. The number of hydrogen-bond donors (Lipinski definition) is 2. The number of anilines is 1. The van der Waals surface area contributed by atoms with Crippen LogP contribution >= 0.6 is 11.6 Å². The molecule has 0 aliphatic heterocycles. The van der Waals surface area contributed by atoms with Crippen LogP contribution in [-0.2, 0) is 16.2 Å². The molecule has 0 saturated heterocycles. The molecule has 164 valence electrons. The summed E-state index contributed by atoms with van der Waals surface area (Å²) in [6, 6.07) is 19.7. The lowest BCUT2D eigenvalue weighted by atomic mass is 10.2. The Balaban J connectivity index is 1.56. The molecule has 7 nitrogen and oxygen atoms in total. The van der Waals surface area contributed by atoms with E-state index in [1.807, 2.05) is 25.1 Å². The summed E-state index contributed by atoms with van der Waals surface area (Å²) < 4.78 is 11.2. The first-order valence-electron chi connectivity index (χ1n) is 9.71. The molecule has 0 fully saturated rings. The molecule has 0 atom stereocenters. The van der Waals surface area contributed by atoms with E-state index in [0.29, 0.717) is 34.4 Å². The molecular formula is C24H22ClN3O4. The highest BCUT2D eigenvalue weighted by atomic mass is 35.5. The van der Waals surface area contributed by atoms with Crippen molar-refractivity contribution in [1.29, 1.82) is 0 Å². The fraction of sp³-hybridized carbons (Fsp3) is 0.125. The number of carbonyl (C=O) groups is 2. The van der Waals surface area contributed by atoms with Gasteiger partial charge >= 0.3 is 11.8 Å². The Labute approximate surface area is 191 Å². The topological polar surface area (TPSA) is 89.0 Å². The van der Waals surface area contributed by atoms with Crippen LogP contribution in [0.3, 0.4) is 0 Å². The second-order valence-electron chi connectivity index (χ2n) is 6.85. The van der Waals surface area contributed by atoms with Crippen LogP contribution < -0.4 is 20.2 Å². The molecule has 0 heterocycles. The van der Waals surface area contributed by atoms with E-state index >= 15 is 0 Å². The zero-order valence-electron chi connectivity index (χ0n) is 17.6. The Morgan fingerprint density at radius 1 is 1.00 bits per heavy atom. The molecule has 2 N–H and O–H groups in total. The summed E-state index contributed by atoms with van der Waals surface area (Å²) in [6.45, 7) is 2.25. The van der Waals surface area contributed by atoms with E-state index in [2.05, 4.69) is 15.8 Å². The quantitative estimate of drug-likeness (QED) is 0.318. The van der Waals surface area contributed by atoms with Gasteiger partial charge in [-0.15, -0.1) is 0 Å². The number of benzene rings is 3. The smallest absolute Gasteiger partial charge is 0.329 e. The van der Waals surface area contributed by atoms with Crippen LogP contribution in [0.25, 0.3) is 0 Å². The molecule has 0 radical (unpaired) electrons. The molecule has 0 aliphatic carbocycles. The minimum absolute atomic E-state index is 0.354. The van der Waals surface area contributed by atoms with Crippen molar-refractivity contribution in [3.63, 3.8) is 0 Å². The van der Waals surface area contributed by atoms with Crippen LogP contribution in [0.15, 0.2) is 71.8 Å². The SMILES string of the molecule is COc1cc(/C=N/NC(=O)C(=O)Nc2cccc(C)c2)ccc1OCc1ccc(Cl)cc1. The monoisotopic (exact) mass is 451 g/mol. The van der Waals surface area contributed by atoms with Crippen LogP contribution in [0.4, 0.5) is 5.69 Å². The van der Waals surface area contributed by atoms with Crippen molar-refractivity contribution in [2.45, 2.75) is 13.5 Å². The van der Waals surface area contributed by atoms with Gasteiger partial charge in [0.05, 0.1) is 13.3 Å². The van der Waals surface area contributed by atoms with E-state index in [1.54, 1.807) is 48.5 Å². The molecule has 32 heavy (non-hydrogen) atoms. The Morgan fingerprint density at radius 2 is 1.78 bits per heavy atom. The van der Waals surface area contributed by atoms with E-state index in [4.69, 9.17) is 21.1 Å². The molecule has 0 aromatic heterocycles. The molecule has 0 aliphatic rings. The zero-order valence-corrected chi connectivity index (χ0v) is 18.3. The lowest BCUT2D eigenvalue weighted by Gasteiger charge is -2.11.